The van der Waals surface area contributed by atoms with Gasteiger partial charge >= 0.3 is 5.69 Å². The maximum absolute atomic E-state index is 14.5. The molecule has 1 aromatic heterocycles. The molecule has 1 unspecified atom stereocenters. The molecule has 2 amide bonds. The fraction of sp³-hybridized carbons (Fsp3) is 0.222. The highest BCUT2D eigenvalue weighted by Gasteiger charge is 2.64. The van der Waals surface area contributed by atoms with E-state index >= 15 is 0 Å². The average molecular weight is 483 g/mol. The minimum absolute atomic E-state index is 0.0349. The number of benzene rings is 2. The molecule has 2 N–H and O–H groups in total. The van der Waals surface area contributed by atoms with Gasteiger partial charge in [-0.2, -0.15) is 0 Å². The minimum atomic E-state index is -1.95. The summed E-state index contributed by atoms with van der Waals surface area (Å²) in [6, 6.07) is 14.9. The standard InChI is InChI=1S/C27H21N3O6/c1-26(2)12-17(31)19-18(13-26)36-22-20(21(32)28-25(35)29-22)27(19)15-10-6-7-11-16(15)30(24(27)34)23(33)14-8-4-3-5-9-14/h3-11H,12-13H2,1-2H3,(H2,28,29,32,35). The number of rotatable bonds is 1. The van der Waals surface area contributed by atoms with Crippen LogP contribution in [0.15, 0.2) is 75.5 Å². The van der Waals surface area contributed by atoms with Crippen LogP contribution in [0.4, 0.5) is 5.69 Å². The highest BCUT2D eigenvalue weighted by atomic mass is 16.5. The summed E-state index contributed by atoms with van der Waals surface area (Å²) in [5.74, 6) is -1.70. The molecule has 9 heteroatoms. The molecule has 3 heterocycles. The lowest BCUT2D eigenvalue weighted by Gasteiger charge is -2.41. The molecule has 1 atom stereocenters. The van der Waals surface area contributed by atoms with E-state index < -0.39 is 33.9 Å². The maximum atomic E-state index is 14.5. The predicted molar refractivity (Wildman–Crippen MR) is 129 cm³/mol. The number of hydrogen-bond donors (Lipinski definition) is 2. The minimum Gasteiger partial charge on any atom is -0.444 e. The highest BCUT2D eigenvalue weighted by molar-refractivity contribution is 6.31. The number of carbonyl (C=O) groups excluding carboxylic acids is 3. The molecular formula is C27H21N3O6. The molecule has 3 aliphatic rings. The number of para-hydroxylation sites is 1. The van der Waals surface area contributed by atoms with Gasteiger partial charge in [-0.25, -0.2) is 9.69 Å². The van der Waals surface area contributed by atoms with Crippen LogP contribution in [0.3, 0.4) is 0 Å². The van der Waals surface area contributed by atoms with Crippen molar-refractivity contribution >= 4 is 23.3 Å². The molecule has 36 heavy (non-hydrogen) atoms. The third-order valence-electron chi connectivity index (χ3n) is 7.02. The number of nitrogens with one attached hydrogen (secondary N) is 2. The van der Waals surface area contributed by atoms with Crippen LogP contribution in [0.25, 0.3) is 0 Å². The van der Waals surface area contributed by atoms with Crippen LogP contribution in [0, 0.1) is 5.41 Å². The second kappa shape index (κ2) is 7.24. The molecule has 1 aliphatic carbocycles. The van der Waals surface area contributed by atoms with Crippen molar-refractivity contribution in [2.75, 3.05) is 4.90 Å². The van der Waals surface area contributed by atoms with Crippen molar-refractivity contribution in [1.82, 2.24) is 9.97 Å². The van der Waals surface area contributed by atoms with Gasteiger partial charge in [0.05, 0.1) is 11.3 Å². The molecule has 0 bridgehead atoms. The molecule has 1 spiro atoms. The molecule has 2 aliphatic heterocycles. The monoisotopic (exact) mass is 483 g/mol. The summed E-state index contributed by atoms with van der Waals surface area (Å²) in [5.41, 5.74) is -3.44. The van der Waals surface area contributed by atoms with Gasteiger partial charge in [0.25, 0.3) is 17.4 Å². The van der Waals surface area contributed by atoms with E-state index in [-0.39, 0.29) is 46.2 Å². The molecule has 6 rings (SSSR count). The summed E-state index contributed by atoms with van der Waals surface area (Å²) in [7, 11) is 0. The number of imide groups is 1. The van der Waals surface area contributed by atoms with E-state index in [2.05, 4.69) is 9.97 Å². The third-order valence-corrected chi connectivity index (χ3v) is 7.02. The van der Waals surface area contributed by atoms with Crippen molar-refractivity contribution < 1.29 is 19.1 Å². The molecule has 3 aromatic rings. The Balaban J connectivity index is 1.72. The van der Waals surface area contributed by atoms with E-state index in [0.717, 1.165) is 4.90 Å². The molecular weight excluding hydrogens is 462 g/mol. The van der Waals surface area contributed by atoms with Gasteiger partial charge < -0.3 is 4.74 Å². The lowest BCUT2D eigenvalue weighted by atomic mass is 9.62. The van der Waals surface area contributed by atoms with Gasteiger partial charge in [0.15, 0.2) is 5.78 Å². The first-order valence-corrected chi connectivity index (χ1v) is 11.5. The van der Waals surface area contributed by atoms with Crippen LogP contribution in [0.5, 0.6) is 5.88 Å². The number of anilines is 1. The van der Waals surface area contributed by atoms with Crippen LogP contribution in [0.1, 0.15) is 48.2 Å². The number of hydrogen-bond acceptors (Lipinski definition) is 6. The highest BCUT2D eigenvalue weighted by Crippen LogP contribution is 2.57. The Morgan fingerprint density at radius 1 is 0.917 bits per heavy atom. The second-order valence-electron chi connectivity index (χ2n) is 10.0. The predicted octanol–water partition coefficient (Wildman–Crippen LogP) is 2.57. The lowest BCUT2D eigenvalue weighted by Crippen LogP contribution is -2.53. The Labute approximate surface area is 204 Å². The lowest BCUT2D eigenvalue weighted by molar-refractivity contribution is -0.125. The number of Topliss-reactive ketones (excluding diaryl/α,β-unsaturated/α-hetero) is 1. The van der Waals surface area contributed by atoms with Crippen LogP contribution < -0.4 is 20.9 Å². The number of carbonyl (C=O) groups is 3. The quantitative estimate of drug-likeness (QED) is 0.512. The summed E-state index contributed by atoms with van der Waals surface area (Å²) < 4.78 is 5.96. The number of H-pyrrole nitrogens is 2. The maximum Gasteiger partial charge on any atom is 0.328 e. The van der Waals surface area contributed by atoms with E-state index in [0.29, 0.717) is 12.0 Å². The zero-order valence-corrected chi connectivity index (χ0v) is 19.5. The molecule has 0 fully saturated rings. The van der Waals surface area contributed by atoms with Crippen LogP contribution >= 0.6 is 0 Å². The van der Waals surface area contributed by atoms with Crippen molar-refractivity contribution in [3.05, 3.63) is 103 Å². The van der Waals surface area contributed by atoms with E-state index in [4.69, 9.17) is 4.74 Å². The van der Waals surface area contributed by atoms with Crippen molar-refractivity contribution in [1.29, 1.82) is 0 Å². The number of ether oxygens (including phenoxy) is 1. The normalized spacial score (nSPS) is 21.7. The van der Waals surface area contributed by atoms with Gasteiger partial charge in [-0.15, -0.1) is 0 Å². The van der Waals surface area contributed by atoms with Crippen molar-refractivity contribution in [2.45, 2.75) is 32.1 Å². The number of fused-ring (bicyclic) bond motifs is 5. The second-order valence-corrected chi connectivity index (χ2v) is 10.0. The van der Waals surface area contributed by atoms with Crippen LogP contribution in [-0.4, -0.2) is 27.6 Å². The SMILES string of the molecule is CC1(C)CC(=O)C2=C(C1)Oc1[nH]c(=O)[nH]c(=O)c1C21C(=O)N(C(=O)c2ccccc2)c2ccccc21. The molecule has 0 saturated heterocycles. The smallest absolute Gasteiger partial charge is 0.328 e. The number of aromatic amines is 2. The van der Waals surface area contributed by atoms with Gasteiger partial charge in [0, 0.05) is 24.0 Å². The van der Waals surface area contributed by atoms with Gasteiger partial charge in [-0.3, -0.25) is 29.1 Å². The Hall–Kier alpha value is -4.53. The summed E-state index contributed by atoms with van der Waals surface area (Å²) in [6.45, 7) is 3.80. The summed E-state index contributed by atoms with van der Waals surface area (Å²) >= 11 is 0. The Kier molecular flexibility index (Phi) is 4.42. The number of aromatic nitrogens is 2. The Bertz CT molecular complexity index is 1650. The number of nitrogens with zero attached hydrogens (tertiary/aromatic N) is 1. The van der Waals surface area contributed by atoms with Gasteiger partial charge in [-0.1, -0.05) is 50.2 Å². The van der Waals surface area contributed by atoms with E-state index in [1.54, 1.807) is 54.6 Å². The van der Waals surface area contributed by atoms with E-state index in [1.807, 2.05) is 13.8 Å². The summed E-state index contributed by atoms with van der Waals surface area (Å²) in [4.78, 5) is 73.1. The Morgan fingerprint density at radius 3 is 2.36 bits per heavy atom. The fourth-order valence-electron chi connectivity index (χ4n) is 5.67. The third kappa shape index (κ3) is 2.79. The number of ketones is 1. The topological polar surface area (TPSA) is 129 Å². The fourth-order valence-corrected chi connectivity index (χ4v) is 5.67. The zero-order chi connectivity index (χ0) is 25.4. The number of allylic oxidation sites excluding steroid dienone is 1. The Morgan fingerprint density at radius 2 is 1.61 bits per heavy atom. The van der Waals surface area contributed by atoms with Crippen molar-refractivity contribution in [3.8, 4) is 5.88 Å². The molecule has 180 valence electrons. The molecule has 0 saturated carbocycles. The first kappa shape index (κ1) is 22.0. The van der Waals surface area contributed by atoms with Crippen molar-refractivity contribution in [2.24, 2.45) is 5.41 Å². The first-order chi connectivity index (χ1) is 17.1. The number of amides is 2. The zero-order valence-electron chi connectivity index (χ0n) is 19.5. The van der Waals surface area contributed by atoms with E-state index in [1.165, 1.54) is 0 Å². The van der Waals surface area contributed by atoms with Gasteiger partial charge in [-0.05, 0) is 23.6 Å². The largest absolute Gasteiger partial charge is 0.444 e. The summed E-state index contributed by atoms with van der Waals surface area (Å²) in [5, 5.41) is 0. The van der Waals surface area contributed by atoms with Crippen LogP contribution in [-0.2, 0) is 15.0 Å². The van der Waals surface area contributed by atoms with Gasteiger partial charge in [0.2, 0.25) is 5.88 Å². The van der Waals surface area contributed by atoms with Crippen molar-refractivity contribution in [3.63, 3.8) is 0 Å². The van der Waals surface area contributed by atoms with E-state index in [9.17, 15) is 24.0 Å². The first-order valence-electron chi connectivity index (χ1n) is 11.5. The average Bonchev–Trinajstić information content (AvgIpc) is 3.06. The molecule has 9 nitrogen and oxygen atoms in total. The van der Waals surface area contributed by atoms with Crippen LogP contribution in [0.2, 0.25) is 0 Å². The summed E-state index contributed by atoms with van der Waals surface area (Å²) in [6.07, 6.45) is 0.418. The molecule has 2 aromatic carbocycles. The molecule has 0 radical (unpaired) electrons. The van der Waals surface area contributed by atoms with Gasteiger partial charge in [0.1, 0.15) is 16.7 Å².